The Hall–Kier alpha value is -0.160. The van der Waals surface area contributed by atoms with Crippen LogP contribution in [0.15, 0.2) is 0 Å². The third-order valence-corrected chi connectivity index (χ3v) is 4.62. The van der Waals surface area contributed by atoms with Crippen molar-refractivity contribution in [3.8, 4) is 0 Å². The zero-order chi connectivity index (χ0) is 11.7. The molecule has 4 heteroatoms. The van der Waals surface area contributed by atoms with Crippen LogP contribution >= 0.6 is 0 Å². The molecule has 0 atom stereocenters. The molecule has 17 heavy (non-hydrogen) atoms. The predicted molar refractivity (Wildman–Crippen MR) is 65.7 cm³/mol. The lowest BCUT2D eigenvalue weighted by molar-refractivity contribution is -0.184. The van der Waals surface area contributed by atoms with Crippen molar-refractivity contribution < 1.29 is 9.47 Å². The normalized spacial score (nSPS) is 32.3. The zero-order valence-corrected chi connectivity index (χ0v) is 10.6. The van der Waals surface area contributed by atoms with Gasteiger partial charge in [0.2, 0.25) is 0 Å². The molecule has 3 aliphatic rings. The van der Waals surface area contributed by atoms with Crippen molar-refractivity contribution in [2.24, 2.45) is 5.73 Å². The quantitative estimate of drug-likeness (QED) is 0.745. The fourth-order valence-corrected chi connectivity index (χ4v) is 3.48. The Labute approximate surface area is 103 Å². The molecular weight excluding hydrogens is 216 g/mol. The summed E-state index contributed by atoms with van der Waals surface area (Å²) in [5.41, 5.74) is 5.95. The summed E-state index contributed by atoms with van der Waals surface area (Å²) in [6.07, 6.45) is 6.90. The third kappa shape index (κ3) is 2.50. The molecular formula is C13H24N2O2. The Balaban J connectivity index is 1.51. The van der Waals surface area contributed by atoms with Gasteiger partial charge in [-0.1, -0.05) is 0 Å². The Morgan fingerprint density at radius 2 is 1.53 bits per heavy atom. The first kappa shape index (κ1) is 11.9. The third-order valence-electron chi connectivity index (χ3n) is 4.62. The molecule has 1 saturated carbocycles. The summed E-state index contributed by atoms with van der Waals surface area (Å²) in [5.74, 6) is -0.206. The first-order valence-corrected chi connectivity index (χ1v) is 7.05. The largest absolute Gasteiger partial charge is 0.348 e. The molecule has 2 aliphatic heterocycles. The highest BCUT2D eigenvalue weighted by Gasteiger charge is 2.41. The highest BCUT2D eigenvalue weighted by atomic mass is 16.7. The molecule has 2 N–H and O–H groups in total. The number of piperidine rings is 1. The van der Waals surface area contributed by atoms with Crippen molar-refractivity contribution in [1.82, 2.24) is 4.90 Å². The number of nitrogens with zero attached hydrogens (tertiary/aromatic N) is 1. The van der Waals surface area contributed by atoms with Gasteiger partial charge in [-0.3, -0.25) is 0 Å². The molecule has 0 bridgehead atoms. The lowest BCUT2D eigenvalue weighted by atomic mass is 9.88. The van der Waals surface area contributed by atoms with Gasteiger partial charge < -0.3 is 20.1 Å². The maximum atomic E-state index is 5.95. The van der Waals surface area contributed by atoms with Crippen LogP contribution in [-0.2, 0) is 9.47 Å². The summed E-state index contributed by atoms with van der Waals surface area (Å²) in [6, 6.07) is 1.17. The maximum absolute atomic E-state index is 5.95. The van der Waals surface area contributed by atoms with Crippen LogP contribution in [0.2, 0.25) is 0 Å². The smallest absolute Gasteiger partial charge is 0.168 e. The summed E-state index contributed by atoms with van der Waals surface area (Å²) in [4.78, 5) is 2.63. The molecule has 4 nitrogen and oxygen atoms in total. The second-order valence-corrected chi connectivity index (χ2v) is 5.71. The Kier molecular flexibility index (Phi) is 3.39. The first-order valence-electron chi connectivity index (χ1n) is 7.05. The fourth-order valence-electron chi connectivity index (χ4n) is 3.48. The van der Waals surface area contributed by atoms with Crippen LogP contribution in [0.5, 0.6) is 0 Å². The lowest BCUT2D eigenvalue weighted by Crippen LogP contribution is -2.48. The van der Waals surface area contributed by atoms with E-state index in [1.54, 1.807) is 0 Å². The first-order chi connectivity index (χ1) is 8.27. The van der Waals surface area contributed by atoms with Crippen molar-refractivity contribution in [3.63, 3.8) is 0 Å². The number of ether oxygens (including phenoxy) is 2. The summed E-state index contributed by atoms with van der Waals surface area (Å²) in [7, 11) is 0. The average Bonchev–Trinajstić information content (AvgIpc) is 2.80. The van der Waals surface area contributed by atoms with Gasteiger partial charge in [0.15, 0.2) is 5.79 Å². The van der Waals surface area contributed by atoms with Crippen LogP contribution in [0.25, 0.3) is 0 Å². The van der Waals surface area contributed by atoms with Gasteiger partial charge in [-0.05, 0) is 38.8 Å². The Bertz CT molecular complexity index is 248. The van der Waals surface area contributed by atoms with Crippen LogP contribution in [0, 0.1) is 0 Å². The van der Waals surface area contributed by atoms with E-state index in [1.807, 2.05) is 0 Å². The topological polar surface area (TPSA) is 47.7 Å². The second kappa shape index (κ2) is 4.84. The molecule has 3 fully saturated rings. The van der Waals surface area contributed by atoms with Crippen molar-refractivity contribution in [2.75, 3.05) is 26.3 Å². The minimum Gasteiger partial charge on any atom is -0.348 e. The molecule has 0 aromatic carbocycles. The number of likely N-dealkylation sites (tertiary alicyclic amines) is 1. The van der Waals surface area contributed by atoms with Gasteiger partial charge in [0.05, 0.1) is 13.2 Å². The van der Waals surface area contributed by atoms with E-state index in [0.29, 0.717) is 6.04 Å². The van der Waals surface area contributed by atoms with E-state index in [-0.39, 0.29) is 5.79 Å². The summed E-state index contributed by atoms with van der Waals surface area (Å²) in [6.45, 7) is 3.92. The van der Waals surface area contributed by atoms with Crippen LogP contribution in [0.3, 0.4) is 0 Å². The highest BCUT2D eigenvalue weighted by molar-refractivity contribution is 4.88. The van der Waals surface area contributed by atoms with Gasteiger partial charge in [0.25, 0.3) is 0 Å². The molecule has 2 saturated heterocycles. The van der Waals surface area contributed by atoms with Crippen LogP contribution in [0.1, 0.15) is 38.5 Å². The molecule has 1 spiro atoms. The van der Waals surface area contributed by atoms with E-state index in [0.717, 1.165) is 44.9 Å². The Morgan fingerprint density at radius 3 is 2.12 bits per heavy atom. The number of hydrogen-bond donors (Lipinski definition) is 1. The molecule has 0 amide bonds. The zero-order valence-electron chi connectivity index (χ0n) is 10.6. The minimum absolute atomic E-state index is 0.206. The lowest BCUT2D eigenvalue weighted by Gasteiger charge is -2.42. The van der Waals surface area contributed by atoms with Gasteiger partial charge in [-0.2, -0.15) is 0 Å². The molecule has 98 valence electrons. The highest BCUT2D eigenvalue weighted by Crippen LogP contribution is 2.37. The van der Waals surface area contributed by atoms with Gasteiger partial charge >= 0.3 is 0 Å². The number of hydrogen-bond acceptors (Lipinski definition) is 4. The maximum Gasteiger partial charge on any atom is 0.168 e. The van der Waals surface area contributed by atoms with Crippen molar-refractivity contribution in [3.05, 3.63) is 0 Å². The molecule has 0 unspecified atom stereocenters. The summed E-state index contributed by atoms with van der Waals surface area (Å²) >= 11 is 0. The van der Waals surface area contributed by atoms with Crippen LogP contribution < -0.4 is 5.73 Å². The molecule has 1 aliphatic carbocycles. The van der Waals surface area contributed by atoms with E-state index in [1.165, 1.54) is 25.9 Å². The van der Waals surface area contributed by atoms with Gasteiger partial charge in [0, 0.05) is 24.9 Å². The number of nitrogens with two attached hydrogens (primary N) is 1. The second-order valence-electron chi connectivity index (χ2n) is 5.71. The van der Waals surface area contributed by atoms with E-state index < -0.39 is 0 Å². The van der Waals surface area contributed by atoms with E-state index >= 15 is 0 Å². The molecule has 0 aromatic rings. The SMILES string of the molecule is NC1CCN(C2CCC3(CC2)OCCO3)CC1. The average molecular weight is 240 g/mol. The standard InChI is InChI=1S/C13H24N2O2/c14-11-3-7-15(8-4-11)12-1-5-13(6-2-12)16-9-10-17-13/h11-12H,1-10,14H2. The van der Waals surface area contributed by atoms with Crippen molar-refractivity contribution in [2.45, 2.75) is 56.4 Å². The number of rotatable bonds is 1. The minimum atomic E-state index is -0.206. The van der Waals surface area contributed by atoms with E-state index in [2.05, 4.69) is 4.90 Å². The summed E-state index contributed by atoms with van der Waals surface area (Å²) in [5, 5.41) is 0. The molecule has 0 aromatic heterocycles. The van der Waals surface area contributed by atoms with E-state index in [4.69, 9.17) is 15.2 Å². The van der Waals surface area contributed by atoms with Gasteiger partial charge in [-0.15, -0.1) is 0 Å². The van der Waals surface area contributed by atoms with Gasteiger partial charge in [-0.25, -0.2) is 0 Å². The molecule has 0 radical (unpaired) electrons. The predicted octanol–water partition coefficient (Wildman–Crippen LogP) is 1.10. The monoisotopic (exact) mass is 240 g/mol. The van der Waals surface area contributed by atoms with Gasteiger partial charge in [0.1, 0.15) is 0 Å². The van der Waals surface area contributed by atoms with Crippen molar-refractivity contribution in [1.29, 1.82) is 0 Å². The van der Waals surface area contributed by atoms with Crippen LogP contribution in [-0.4, -0.2) is 49.1 Å². The summed E-state index contributed by atoms with van der Waals surface area (Å²) < 4.78 is 11.5. The molecule has 3 rings (SSSR count). The molecule has 2 heterocycles. The fraction of sp³-hybridized carbons (Fsp3) is 1.00. The Morgan fingerprint density at radius 1 is 0.941 bits per heavy atom. The van der Waals surface area contributed by atoms with Crippen molar-refractivity contribution >= 4 is 0 Å². The van der Waals surface area contributed by atoms with E-state index in [9.17, 15) is 0 Å². The van der Waals surface area contributed by atoms with Crippen LogP contribution in [0.4, 0.5) is 0 Å².